The summed E-state index contributed by atoms with van der Waals surface area (Å²) in [4.78, 5) is 24.3. The van der Waals surface area contributed by atoms with E-state index in [9.17, 15) is 35.1 Å². The largest absolute Gasteiger partial charge is 0.462 e. The van der Waals surface area contributed by atoms with E-state index in [-0.39, 0.29) is 37.0 Å². The van der Waals surface area contributed by atoms with Crippen LogP contribution < -0.4 is 15.4 Å². The van der Waals surface area contributed by atoms with E-state index in [1.807, 2.05) is 6.92 Å². The van der Waals surface area contributed by atoms with Crippen molar-refractivity contribution < 1.29 is 54.4 Å². The minimum Gasteiger partial charge on any atom is -0.462 e. The highest BCUT2D eigenvalue weighted by atomic mass is 16.7. The van der Waals surface area contributed by atoms with Gasteiger partial charge in [0.25, 0.3) is 11.8 Å². The summed E-state index contributed by atoms with van der Waals surface area (Å²) in [6, 6.07) is 12.0. The molecule has 4 rings (SSSR count). The van der Waals surface area contributed by atoms with Crippen molar-refractivity contribution in [1.82, 2.24) is 10.6 Å². The van der Waals surface area contributed by atoms with Crippen LogP contribution in [0.2, 0.25) is 0 Å². The SMILES string of the molecule is CNC(=O)c1cc(C(=O)NC)cc(-c2ccc(O[C@H]3OC(CO)CC(C)C3O)cc2)c1.C[C@H]1OC(CO)[C@@H](O)C(O)C1O. The molecule has 238 valence electrons. The average molecular weight is 607 g/mol. The summed E-state index contributed by atoms with van der Waals surface area (Å²) in [7, 11) is 3.06. The molecule has 2 amide bonds. The Kier molecular flexibility index (Phi) is 12.4. The van der Waals surface area contributed by atoms with Gasteiger partial charge in [-0.25, -0.2) is 0 Å². The lowest BCUT2D eigenvalue weighted by Crippen LogP contribution is -2.57. The molecule has 13 heteroatoms. The van der Waals surface area contributed by atoms with Gasteiger partial charge in [-0.15, -0.1) is 0 Å². The lowest BCUT2D eigenvalue weighted by Gasteiger charge is -2.38. The second kappa shape index (κ2) is 15.5. The van der Waals surface area contributed by atoms with Gasteiger partial charge in [-0.3, -0.25) is 9.59 Å². The van der Waals surface area contributed by atoms with Gasteiger partial charge >= 0.3 is 0 Å². The van der Waals surface area contributed by atoms with Crippen LogP contribution in [0.1, 0.15) is 41.0 Å². The van der Waals surface area contributed by atoms with Crippen LogP contribution in [-0.2, 0) is 9.47 Å². The molecule has 0 aromatic heterocycles. The first-order valence-electron chi connectivity index (χ1n) is 14.0. The number of nitrogens with one attached hydrogen (secondary N) is 2. The van der Waals surface area contributed by atoms with Crippen LogP contribution >= 0.6 is 0 Å². The van der Waals surface area contributed by atoms with Crippen LogP contribution in [0.5, 0.6) is 5.75 Å². The molecule has 0 spiro atoms. The number of benzene rings is 2. The zero-order valence-electron chi connectivity index (χ0n) is 24.6. The number of ether oxygens (including phenoxy) is 3. The summed E-state index contributed by atoms with van der Waals surface area (Å²) in [6.07, 6.45) is -6.43. The molecule has 13 nitrogen and oxygen atoms in total. The Morgan fingerprint density at radius 2 is 1.37 bits per heavy atom. The fourth-order valence-electron chi connectivity index (χ4n) is 4.86. The van der Waals surface area contributed by atoms with E-state index in [0.717, 1.165) is 5.56 Å². The third kappa shape index (κ3) is 8.49. The fourth-order valence-corrected chi connectivity index (χ4v) is 4.86. The monoisotopic (exact) mass is 606 g/mol. The van der Waals surface area contributed by atoms with E-state index in [0.29, 0.717) is 28.9 Å². The van der Waals surface area contributed by atoms with Gasteiger partial charge < -0.3 is 55.5 Å². The summed E-state index contributed by atoms with van der Waals surface area (Å²) in [5, 5.41) is 61.2. The van der Waals surface area contributed by atoms with Crippen molar-refractivity contribution in [1.29, 1.82) is 0 Å². The number of carbonyl (C=O) groups excluding carboxylic acids is 2. The van der Waals surface area contributed by atoms with E-state index in [2.05, 4.69) is 10.6 Å². The van der Waals surface area contributed by atoms with Crippen molar-refractivity contribution in [3.05, 3.63) is 53.6 Å². The van der Waals surface area contributed by atoms with Gasteiger partial charge in [-0.05, 0) is 60.7 Å². The molecule has 2 aromatic carbocycles. The Hall–Kier alpha value is -3.14. The van der Waals surface area contributed by atoms with Gasteiger partial charge in [0.2, 0.25) is 6.29 Å². The van der Waals surface area contributed by atoms with Crippen molar-refractivity contribution in [3.63, 3.8) is 0 Å². The molecule has 0 saturated carbocycles. The molecular formula is C30H42N2O11. The molecule has 2 aliphatic rings. The number of aliphatic hydroxyl groups is 6. The number of aliphatic hydroxyl groups excluding tert-OH is 6. The lowest BCUT2D eigenvalue weighted by atomic mass is 9.94. The van der Waals surface area contributed by atoms with Gasteiger partial charge in [0.15, 0.2) is 0 Å². The Morgan fingerprint density at radius 3 is 1.88 bits per heavy atom. The number of hydrogen-bond acceptors (Lipinski definition) is 11. The molecule has 2 fully saturated rings. The summed E-state index contributed by atoms with van der Waals surface area (Å²) in [5.41, 5.74) is 2.24. The molecular weight excluding hydrogens is 564 g/mol. The second-order valence-electron chi connectivity index (χ2n) is 10.6. The van der Waals surface area contributed by atoms with Crippen LogP contribution in [0.25, 0.3) is 11.1 Å². The Balaban J connectivity index is 0.000000353. The van der Waals surface area contributed by atoms with E-state index >= 15 is 0 Å². The zero-order chi connectivity index (χ0) is 31.8. The lowest BCUT2D eigenvalue weighted by molar-refractivity contribution is -0.225. The molecule has 2 saturated heterocycles. The van der Waals surface area contributed by atoms with Gasteiger partial charge in [0.05, 0.1) is 25.4 Å². The maximum absolute atomic E-state index is 12.1. The average Bonchev–Trinajstić information content (AvgIpc) is 3.03. The third-order valence-electron chi connectivity index (χ3n) is 7.51. The van der Waals surface area contributed by atoms with Gasteiger partial charge in [0.1, 0.15) is 36.3 Å². The Labute approximate surface area is 250 Å². The summed E-state index contributed by atoms with van der Waals surface area (Å²) in [6.45, 7) is 2.96. The van der Waals surface area contributed by atoms with Crippen LogP contribution in [0, 0.1) is 5.92 Å². The topological polar surface area (TPSA) is 207 Å². The van der Waals surface area contributed by atoms with Crippen molar-refractivity contribution in [3.8, 4) is 16.9 Å². The molecule has 0 aliphatic carbocycles. The Morgan fingerprint density at radius 1 is 0.791 bits per heavy atom. The number of carbonyl (C=O) groups is 2. The summed E-state index contributed by atoms with van der Waals surface area (Å²) in [5.74, 6) is -0.149. The highest BCUT2D eigenvalue weighted by molar-refractivity contribution is 6.01. The maximum Gasteiger partial charge on any atom is 0.251 e. The smallest absolute Gasteiger partial charge is 0.251 e. The van der Waals surface area contributed by atoms with Gasteiger partial charge in [-0.1, -0.05) is 19.1 Å². The van der Waals surface area contributed by atoms with Gasteiger partial charge in [0, 0.05) is 25.2 Å². The van der Waals surface area contributed by atoms with Crippen LogP contribution in [0.4, 0.5) is 0 Å². The Bertz CT molecular complexity index is 1170. The summed E-state index contributed by atoms with van der Waals surface area (Å²) < 4.78 is 16.5. The second-order valence-corrected chi connectivity index (χ2v) is 10.6. The van der Waals surface area contributed by atoms with Crippen LogP contribution in [0.15, 0.2) is 42.5 Å². The van der Waals surface area contributed by atoms with Crippen LogP contribution in [0.3, 0.4) is 0 Å². The molecule has 43 heavy (non-hydrogen) atoms. The van der Waals surface area contributed by atoms with Gasteiger partial charge in [-0.2, -0.15) is 0 Å². The number of amides is 2. The first-order chi connectivity index (χ1) is 20.4. The maximum atomic E-state index is 12.1. The zero-order valence-corrected chi connectivity index (χ0v) is 24.6. The van der Waals surface area contributed by atoms with Crippen molar-refractivity contribution in [2.75, 3.05) is 27.3 Å². The van der Waals surface area contributed by atoms with E-state index in [1.54, 1.807) is 49.4 Å². The summed E-state index contributed by atoms with van der Waals surface area (Å²) >= 11 is 0. The highest BCUT2D eigenvalue weighted by Gasteiger charge is 2.41. The quantitative estimate of drug-likeness (QED) is 0.200. The molecule has 9 atom stereocenters. The van der Waals surface area contributed by atoms with Crippen LogP contribution in [-0.4, -0.2) is 119 Å². The minimum atomic E-state index is -1.24. The first kappa shape index (κ1) is 34.4. The molecule has 2 aliphatic heterocycles. The first-order valence-corrected chi connectivity index (χ1v) is 14.0. The van der Waals surface area contributed by atoms with Crippen molar-refractivity contribution in [2.24, 2.45) is 5.92 Å². The van der Waals surface area contributed by atoms with E-state index < -0.39 is 42.9 Å². The predicted octanol–water partition coefficient (Wildman–Crippen LogP) is -0.595. The molecule has 0 radical (unpaired) electrons. The molecule has 0 bridgehead atoms. The molecule has 2 aromatic rings. The van der Waals surface area contributed by atoms with Crippen molar-refractivity contribution >= 4 is 11.8 Å². The normalized spacial score (nSPS) is 30.4. The van der Waals surface area contributed by atoms with E-state index in [4.69, 9.17) is 19.3 Å². The standard InChI is InChI=1S/C23H28N2O6.C7H14O5/c1-13-8-19(12-26)31-23(20(13)27)30-18-6-4-14(5-7-18)15-9-16(21(28)24-2)11-17(10-15)22(29)25-3;1-3-5(9)7(11)6(10)4(2-8)12-3/h4-7,9-11,13,19-20,23,26-27H,8,12H2,1-3H3,(H,24,28)(H,25,29);3-11H,2H2,1H3/t13?,19?,20?,23-;3-,4?,5?,6-,7?/m01/s1. The van der Waals surface area contributed by atoms with E-state index in [1.165, 1.54) is 14.1 Å². The fraction of sp³-hybridized carbons (Fsp3) is 0.533. The third-order valence-corrected chi connectivity index (χ3v) is 7.51. The highest BCUT2D eigenvalue weighted by Crippen LogP contribution is 2.29. The van der Waals surface area contributed by atoms with Crippen molar-refractivity contribution in [2.45, 2.75) is 69.3 Å². The molecule has 2 heterocycles. The number of hydrogen-bond donors (Lipinski definition) is 8. The minimum absolute atomic E-state index is 0.0641. The predicted molar refractivity (Wildman–Crippen MR) is 154 cm³/mol. The molecule has 6 unspecified atom stereocenters. The molecule has 8 N–H and O–H groups in total. The number of rotatable bonds is 7.